The zero-order chi connectivity index (χ0) is 29.2. The van der Waals surface area contributed by atoms with Gasteiger partial charge in [0, 0.05) is 31.1 Å². The van der Waals surface area contributed by atoms with Gasteiger partial charge in [0.25, 0.3) is 5.91 Å². The maximum absolute atomic E-state index is 13.7. The van der Waals surface area contributed by atoms with Gasteiger partial charge in [0.2, 0.25) is 18.2 Å². The first kappa shape index (κ1) is 30.2. The van der Waals surface area contributed by atoms with Crippen molar-refractivity contribution in [1.82, 2.24) is 20.6 Å². The molecule has 1 saturated carbocycles. The van der Waals surface area contributed by atoms with E-state index in [1.807, 2.05) is 30.3 Å². The second-order valence-corrected chi connectivity index (χ2v) is 11.1. The van der Waals surface area contributed by atoms with Crippen molar-refractivity contribution < 1.29 is 28.8 Å². The fraction of sp³-hybridized carbons (Fsp3) is 0.484. The largest absolute Gasteiger partial charge is 0.349 e. The summed E-state index contributed by atoms with van der Waals surface area (Å²) in [7, 11) is 0. The lowest BCUT2D eigenvalue weighted by atomic mass is 9.91. The van der Waals surface area contributed by atoms with Gasteiger partial charge in [-0.2, -0.15) is 0 Å². The molecule has 2 fully saturated rings. The Hall–Kier alpha value is -3.79. The quantitative estimate of drug-likeness (QED) is 0.207. The predicted molar refractivity (Wildman–Crippen MR) is 150 cm³/mol. The van der Waals surface area contributed by atoms with E-state index in [-0.39, 0.29) is 30.3 Å². The van der Waals surface area contributed by atoms with Gasteiger partial charge in [-0.1, -0.05) is 56.0 Å². The molecular weight excluding hydrogens is 527 g/mol. The topological polar surface area (TPSA) is 119 Å². The Labute approximate surface area is 240 Å². The third-order valence-electron chi connectivity index (χ3n) is 8.14. The third kappa shape index (κ3) is 8.85. The molecule has 2 aromatic carbocycles. The highest BCUT2D eigenvalue weighted by Gasteiger charge is 2.33. The molecule has 0 spiro atoms. The second kappa shape index (κ2) is 14.7. The molecular formula is C31H39FN4O5. The smallest absolute Gasteiger partial charge is 0.251 e. The monoisotopic (exact) mass is 566 g/mol. The molecule has 1 saturated heterocycles. The van der Waals surface area contributed by atoms with Crippen LogP contribution in [0.5, 0.6) is 0 Å². The standard InChI is InChI=1S/C31H39FN4O5/c32-26-12-10-24(11-13-26)29(38)33-27-14-16-35(17-15-27)31(40)28(19-23-6-2-1-3-7-23)34-30(39)25(20-36(41)21-37)18-22-8-4-5-9-22/h1-3,6-7,10-13,21-22,25,27-28,41H,4-5,8-9,14-20H2,(H,33,38)(H,34,39)/t25-,28+/m1/s1. The van der Waals surface area contributed by atoms with Crippen LogP contribution < -0.4 is 10.6 Å². The van der Waals surface area contributed by atoms with Crippen LogP contribution in [0.3, 0.4) is 0 Å². The van der Waals surface area contributed by atoms with Crippen molar-refractivity contribution in [1.29, 1.82) is 0 Å². The molecule has 0 unspecified atom stereocenters. The summed E-state index contributed by atoms with van der Waals surface area (Å²) in [6, 6.07) is 13.9. The lowest BCUT2D eigenvalue weighted by Gasteiger charge is -2.35. The van der Waals surface area contributed by atoms with Gasteiger partial charge >= 0.3 is 0 Å². The van der Waals surface area contributed by atoms with Gasteiger partial charge in [-0.15, -0.1) is 0 Å². The van der Waals surface area contributed by atoms with Crippen LogP contribution in [-0.2, 0) is 20.8 Å². The van der Waals surface area contributed by atoms with E-state index in [1.54, 1.807) is 4.90 Å². The molecule has 0 aromatic heterocycles. The Bertz CT molecular complexity index is 1160. The van der Waals surface area contributed by atoms with Gasteiger partial charge in [-0.05, 0) is 55.0 Å². The van der Waals surface area contributed by atoms with E-state index in [0.29, 0.717) is 61.7 Å². The fourth-order valence-corrected chi connectivity index (χ4v) is 5.86. The Morgan fingerprint density at radius 2 is 1.66 bits per heavy atom. The fourth-order valence-electron chi connectivity index (χ4n) is 5.86. The number of hydrogen-bond acceptors (Lipinski definition) is 5. The van der Waals surface area contributed by atoms with Crippen LogP contribution in [0.4, 0.5) is 4.39 Å². The lowest BCUT2D eigenvalue weighted by molar-refractivity contribution is -0.155. The number of likely N-dealkylation sites (tertiary alicyclic amines) is 1. The molecule has 0 radical (unpaired) electrons. The third-order valence-corrected chi connectivity index (χ3v) is 8.14. The molecule has 1 aliphatic carbocycles. The number of halogens is 1. The van der Waals surface area contributed by atoms with E-state index in [1.165, 1.54) is 24.3 Å². The number of benzene rings is 2. The van der Waals surface area contributed by atoms with E-state index >= 15 is 0 Å². The molecule has 3 N–H and O–H groups in total. The minimum absolute atomic E-state index is 0.128. The highest BCUT2D eigenvalue weighted by atomic mass is 19.1. The van der Waals surface area contributed by atoms with Crippen molar-refractivity contribution in [3.8, 4) is 0 Å². The number of nitrogens with zero attached hydrogens (tertiary/aromatic N) is 2. The molecule has 41 heavy (non-hydrogen) atoms. The average Bonchev–Trinajstić information content (AvgIpc) is 3.50. The summed E-state index contributed by atoms with van der Waals surface area (Å²) in [5.74, 6) is -1.54. The molecule has 2 atom stereocenters. The summed E-state index contributed by atoms with van der Waals surface area (Å²) in [6.45, 7) is 0.696. The Morgan fingerprint density at radius 3 is 2.29 bits per heavy atom. The molecule has 1 aliphatic heterocycles. The first-order chi connectivity index (χ1) is 19.8. The molecule has 2 aliphatic rings. The van der Waals surface area contributed by atoms with Crippen molar-refractivity contribution in [3.63, 3.8) is 0 Å². The summed E-state index contributed by atoms with van der Waals surface area (Å²) >= 11 is 0. The number of piperidine rings is 1. The van der Waals surface area contributed by atoms with E-state index in [9.17, 15) is 28.8 Å². The summed E-state index contributed by atoms with van der Waals surface area (Å²) in [5, 5.41) is 16.3. The van der Waals surface area contributed by atoms with Crippen molar-refractivity contribution >= 4 is 24.1 Å². The molecule has 4 rings (SSSR count). The Balaban J connectivity index is 1.40. The van der Waals surface area contributed by atoms with Gasteiger partial charge in [-0.25, -0.2) is 9.45 Å². The van der Waals surface area contributed by atoms with Crippen LogP contribution in [0.15, 0.2) is 54.6 Å². The highest BCUT2D eigenvalue weighted by Crippen LogP contribution is 2.31. The molecule has 10 heteroatoms. The van der Waals surface area contributed by atoms with Gasteiger partial charge in [0.05, 0.1) is 12.5 Å². The first-order valence-corrected chi connectivity index (χ1v) is 14.4. The van der Waals surface area contributed by atoms with Crippen LogP contribution in [0.2, 0.25) is 0 Å². The van der Waals surface area contributed by atoms with E-state index < -0.39 is 17.8 Å². The van der Waals surface area contributed by atoms with Gasteiger partial charge in [0.1, 0.15) is 11.9 Å². The van der Waals surface area contributed by atoms with E-state index in [0.717, 1.165) is 31.2 Å². The number of nitrogens with one attached hydrogen (secondary N) is 2. The van der Waals surface area contributed by atoms with Gasteiger partial charge in [-0.3, -0.25) is 24.4 Å². The molecule has 9 nitrogen and oxygen atoms in total. The summed E-state index contributed by atoms with van der Waals surface area (Å²) in [4.78, 5) is 52.6. The number of amides is 4. The molecule has 0 bridgehead atoms. The first-order valence-electron chi connectivity index (χ1n) is 14.4. The minimum atomic E-state index is -0.815. The zero-order valence-electron chi connectivity index (χ0n) is 23.2. The van der Waals surface area contributed by atoms with Crippen molar-refractivity contribution in [2.75, 3.05) is 19.6 Å². The number of carbonyl (C=O) groups is 4. The van der Waals surface area contributed by atoms with Crippen LogP contribution in [0, 0.1) is 17.7 Å². The van der Waals surface area contributed by atoms with Crippen LogP contribution in [0.1, 0.15) is 60.9 Å². The molecule has 1 heterocycles. The van der Waals surface area contributed by atoms with Crippen molar-refractivity contribution in [2.24, 2.45) is 11.8 Å². The lowest BCUT2D eigenvalue weighted by Crippen LogP contribution is -2.55. The number of hydroxylamine groups is 2. The van der Waals surface area contributed by atoms with Crippen LogP contribution in [-0.4, -0.2) is 71.0 Å². The number of carbonyl (C=O) groups excluding carboxylic acids is 4. The second-order valence-electron chi connectivity index (χ2n) is 11.1. The normalized spacial score (nSPS) is 17.5. The van der Waals surface area contributed by atoms with Crippen molar-refractivity contribution in [3.05, 3.63) is 71.5 Å². The summed E-state index contributed by atoms with van der Waals surface area (Å²) in [6.07, 6.45) is 6.46. The Morgan fingerprint density at radius 1 is 1.00 bits per heavy atom. The van der Waals surface area contributed by atoms with Crippen molar-refractivity contribution in [2.45, 2.75) is 63.5 Å². The van der Waals surface area contributed by atoms with E-state index in [4.69, 9.17) is 0 Å². The predicted octanol–water partition coefficient (Wildman–Crippen LogP) is 3.32. The molecule has 4 amide bonds. The van der Waals surface area contributed by atoms with Crippen LogP contribution in [0.25, 0.3) is 0 Å². The average molecular weight is 567 g/mol. The minimum Gasteiger partial charge on any atom is -0.349 e. The molecule has 220 valence electrons. The maximum atomic E-state index is 13.7. The van der Waals surface area contributed by atoms with Gasteiger partial charge in [0.15, 0.2) is 0 Å². The maximum Gasteiger partial charge on any atom is 0.251 e. The highest BCUT2D eigenvalue weighted by molar-refractivity contribution is 5.94. The number of hydrogen-bond donors (Lipinski definition) is 3. The van der Waals surface area contributed by atoms with Gasteiger partial charge < -0.3 is 15.5 Å². The Kier molecular flexibility index (Phi) is 10.8. The molecule has 2 aromatic rings. The SMILES string of the molecule is O=CN(O)C[C@@H](CC1CCCC1)C(=O)N[C@@H](Cc1ccccc1)C(=O)N1CCC(NC(=O)c2ccc(F)cc2)CC1. The zero-order valence-corrected chi connectivity index (χ0v) is 23.2. The number of rotatable bonds is 12. The van der Waals surface area contributed by atoms with E-state index in [2.05, 4.69) is 10.6 Å². The summed E-state index contributed by atoms with van der Waals surface area (Å²) < 4.78 is 13.2. The summed E-state index contributed by atoms with van der Waals surface area (Å²) in [5.41, 5.74) is 1.27. The van der Waals surface area contributed by atoms with Crippen LogP contribution >= 0.6 is 0 Å².